The van der Waals surface area contributed by atoms with Crippen LogP contribution in [0.5, 0.6) is 0 Å². The predicted octanol–water partition coefficient (Wildman–Crippen LogP) is 3.91. The summed E-state index contributed by atoms with van der Waals surface area (Å²) in [6.07, 6.45) is 0. The Bertz CT molecular complexity index is 553. The number of hydrogen-bond acceptors (Lipinski definition) is 3. The monoisotopic (exact) mass is 299 g/mol. The summed E-state index contributed by atoms with van der Waals surface area (Å²) in [5.74, 6) is -0.375. The van der Waals surface area contributed by atoms with Crippen LogP contribution in [0.4, 0.5) is 4.39 Å². The molecule has 0 saturated heterocycles. The van der Waals surface area contributed by atoms with Gasteiger partial charge in [0.15, 0.2) is 5.78 Å². The summed E-state index contributed by atoms with van der Waals surface area (Å²) in [5.41, 5.74) is 1.23. The molecule has 82 valence electrons. The molecule has 2 rings (SSSR count). The van der Waals surface area contributed by atoms with Crippen LogP contribution >= 0.6 is 27.3 Å². The number of carbonyl (C=O) groups excluding carboxylic acids is 1. The first kappa shape index (κ1) is 11.4. The molecular weight excluding hydrogens is 293 g/mol. The van der Waals surface area contributed by atoms with E-state index in [1.54, 1.807) is 11.4 Å². The molecule has 0 aliphatic rings. The van der Waals surface area contributed by atoms with E-state index < -0.39 is 0 Å². The van der Waals surface area contributed by atoms with E-state index in [2.05, 4.69) is 20.9 Å². The van der Waals surface area contributed by atoms with Gasteiger partial charge in [0.25, 0.3) is 0 Å². The van der Waals surface area contributed by atoms with Gasteiger partial charge in [0.1, 0.15) is 16.5 Å². The number of nitrogens with zero attached hydrogens (tertiary/aromatic N) is 1. The van der Waals surface area contributed by atoms with Crippen LogP contribution in [0.1, 0.15) is 17.4 Å². The fourth-order valence-corrected chi connectivity index (χ4v) is 2.79. The molecule has 0 aliphatic heterocycles. The second-order valence-electron chi connectivity index (χ2n) is 3.22. The van der Waals surface area contributed by atoms with Gasteiger partial charge in [-0.1, -0.05) is 0 Å². The van der Waals surface area contributed by atoms with Crippen LogP contribution in [0.15, 0.2) is 28.1 Å². The number of ketones is 1. The molecule has 0 spiro atoms. The molecule has 0 bridgehead atoms. The lowest BCUT2D eigenvalue weighted by molar-refractivity contribution is 0.101. The topological polar surface area (TPSA) is 30.0 Å². The molecule has 0 fully saturated rings. The van der Waals surface area contributed by atoms with E-state index in [4.69, 9.17) is 0 Å². The number of hydrogen-bond donors (Lipinski definition) is 0. The molecule has 0 amide bonds. The second-order valence-corrected chi connectivity index (χ2v) is 4.93. The van der Waals surface area contributed by atoms with Crippen molar-refractivity contribution in [2.75, 3.05) is 0 Å². The van der Waals surface area contributed by atoms with E-state index >= 15 is 0 Å². The van der Waals surface area contributed by atoms with Crippen molar-refractivity contribution in [2.24, 2.45) is 0 Å². The molecule has 0 saturated carbocycles. The third-order valence-corrected chi connectivity index (χ3v) is 3.56. The van der Waals surface area contributed by atoms with Crippen molar-refractivity contribution in [1.82, 2.24) is 4.98 Å². The molecule has 0 N–H and O–H groups in total. The number of halogens is 2. The van der Waals surface area contributed by atoms with Crippen LogP contribution < -0.4 is 0 Å². The van der Waals surface area contributed by atoms with Crippen LogP contribution in [-0.4, -0.2) is 10.8 Å². The minimum absolute atomic E-state index is 0.0688. The van der Waals surface area contributed by atoms with Crippen molar-refractivity contribution >= 4 is 33.0 Å². The number of thiazole rings is 1. The Kier molecular flexibility index (Phi) is 3.16. The van der Waals surface area contributed by atoms with Crippen molar-refractivity contribution in [2.45, 2.75) is 6.92 Å². The zero-order valence-corrected chi connectivity index (χ0v) is 10.7. The van der Waals surface area contributed by atoms with Gasteiger partial charge in [0.2, 0.25) is 0 Å². The predicted molar refractivity (Wildman–Crippen MR) is 65.2 cm³/mol. The average Bonchev–Trinajstić information content (AvgIpc) is 2.66. The summed E-state index contributed by atoms with van der Waals surface area (Å²) in [6, 6.07) is 4.39. The van der Waals surface area contributed by atoms with Gasteiger partial charge in [-0.15, -0.1) is 11.3 Å². The minimum Gasteiger partial charge on any atom is -0.293 e. The Hall–Kier alpha value is -1.07. The first-order valence-corrected chi connectivity index (χ1v) is 6.17. The molecular formula is C11H7BrFNOS. The van der Waals surface area contributed by atoms with Gasteiger partial charge in [0, 0.05) is 22.3 Å². The molecule has 0 aliphatic carbocycles. The largest absolute Gasteiger partial charge is 0.293 e. The molecule has 2 nitrogen and oxygen atoms in total. The summed E-state index contributed by atoms with van der Waals surface area (Å²) in [5, 5.41) is 2.41. The lowest BCUT2D eigenvalue weighted by Gasteiger charge is -1.99. The number of rotatable bonds is 2. The smallest absolute Gasteiger partial charge is 0.178 e. The van der Waals surface area contributed by atoms with Gasteiger partial charge >= 0.3 is 0 Å². The standard InChI is InChI=1S/C11H7BrFNOS/c1-6(15)10-5-16-11(14-10)8-3-2-7(13)4-9(8)12/h2-5H,1H3. The van der Waals surface area contributed by atoms with Crippen LogP contribution in [0.3, 0.4) is 0 Å². The Morgan fingerprint density at radius 2 is 2.25 bits per heavy atom. The van der Waals surface area contributed by atoms with Crippen LogP contribution in [0.2, 0.25) is 0 Å². The molecule has 1 heterocycles. The summed E-state index contributed by atoms with van der Waals surface area (Å²) in [7, 11) is 0. The number of aromatic nitrogens is 1. The fraction of sp³-hybridized carbons (Fsp3) is 0.0909. The zero-order chi connectivity index (χ0) is 11.7. The molecule has 5 heteroatoms. The maximum Gasteiger partial charge on any atom is 0.178 e. The van der Waals surface area contributed by atoms with Crippen LogP contribution in [0.25, 0.3) is 10.6 Å². The number of benzene rings is 1. The van der Waals surface area contributed by atoms with Crippen molar-refractivity contribution in [3.63, 3.8) is 0 Å². The highest BCUT2D eigenvalue weighted by Gasteiger charge is 2.10. The fourth-order valence-electron chi connectivity index (χ4n) is 1.22. The minimum atomic E-state index is -0.307. The van der Waals surface area contributed by atoms with Crippen LogP contribution in [-0.2, 0) is 0 Å². The highest BCUT2D eigenvalue weighted by Crippen LogP contribution is 2.31. The summed E-state index contributed by atoms with van der Waals surface area (Å²) >= 11 is 4.64. The highest BCUT2D eigenvalue weighted by molar-refractivity contribution is 9.10. The maximum atomic E-state index is 12.9. The summed E-state index contributed by atoms with van der Waals surface area (Å²) in [6.45, 7) is 1.47. The average molecular weight is 300 g/mol. The van der Waals surface area contributed by atoms with Crippen molar-refractivity contribution in [3.8, 4) is 10.6 Å². The van der Waals surface area contributed by atoms with E-state index in [-0.39, 0.29) is 11.6 Å². The normalized spacial score (nSPS) is 10.4. The van der Waals surface area contributed by atoms with Crippen molar-refractivity contribution < 1.29 is 9.18 Å². The summed E-state index contributed by atoms with van der Waals surface area (Å²) < 4.78 is 13.5. The van der Waals surface area contributed by atoms with Crippen LogP contribution in [0, 0.1) is 5.82 Å². The van der Waals surface area contributed by atoms with Gasteiger partial charge in [-0.05, 0) is 34.1 Å². The Morgan fingerprint density at radius 3 is 2.81 bits per heavy atom. The Balaban J connectivity index is 2.46. The summed E-state index contributed by atoms with van der Waals surface area (Å²) in [4.78, 5) is 15.3. The maximum absolute atomic E-state index is 12.9. The zero-order valence-electron chi connectivity index (χ0n) is 8.33. The van der Waals surface area contributed by atoms with Crippen molar-refractivity contribution in [1.29, 1.82) is 0 Å². The Morgan fingerprint density at radius 1 is 1.50 bits per heavy atom. The lowest BCUT2D eigenvalue weighted by Crippen LogP contribution is -1.91. The van der Waals surface area contributed by atoms with E-state index in [0.29, 0.717) is 15.2 Å². The molecule has 0 unspecified atom stereocenters. The molecule has 0 radical (unpaired) electrons. The van der Waals surface area contributed by atoms with E-state index in [9.17, 15) is 9.18 Å². The first-order valence-electron chi connectivity index (χ1n) is 4.50. The van der Waals surface area contributed by atoms with Gasteiger partial charge < -0.3 is 0 Å². The molecule has 0 atom stereocenters. The quantitative estimate of drug-likeness (QED) is 0.787. The third-order valence-electron chi connectivity index (χ3n) is 2.03. The van der Waals surface area contributed by atoms with Gasteiger partial charge in [-0.2, -0.15) is 0 Å². The Labute approximate surface area is 104 Å². The van der Waals surface area contributed by atoms with Gasteiger partial charge in [0.05, 0.1) is 0 Å². The van der Waals surface area contributed by atoms with Crippen molar-refractivity contribution in [3.05, 3.63) is 39.6 Å². The van der Waals surface area contributed by atoms with Gasteiger partial charge in [-0.25, -0.2) is 9.37 Å². The molecule has 16 heavy (non-hydrogen) atoms. The highest BCUT2D eigenvalue weighted by atomic mass is 79.9. The molecule has 2 aromatic rings. The molecule has 1 aromatic heterocycles. The number of carbonyl (C=O) groups is 1. The number of Topliss-reactive ketones (excluding diaryl/α,β-unsaturated/α-hetero) is 1. The third kappa shape index (κ3) is 2.20. The molecule has 1 aromatic carbocycles. The SMILES string of the molecule is CC(=O)c1csc(-c2ccc(F)cc2Br)n1. The van der Waals surface area contributed by atoms with Gasteiger partial charge in [-0.3, -0.25) is 4.79 Å². The lowest BCUT2D eigenvalue weighted by atomic mass is 10.2. The second kappa shape index (κ2) is 4.43. The van der Waals surface area contributed by atoms with E-state index in [1.165, 1.54) is 30.4 Å². The first-order chi connectivity index (χ1) is 7.58. The van der Waals surface area contributed by atoms with E-state index in [1.807, 2.05) is 0 Å². The van der Waals surface area contributed by atoms with E-state index in [0.717, 1.165) is 5.56 Å².